The Labute approximate surface area is 178 Å². The molecule has 3 aromatic carbocycles. The van der Waals surface area contributed by atoms with Crippen LogP contribution in [-0.4, -0.2) is 17.9 Å². The van der Waals surface area contributed by atoms with E-state index in [1.54, 1.807) is 24.3 Å². The van der Waals surface area contributed by atoms with Gasteiger partial charge in [-0.2, -0.15) is 0 Å². The molecule has 0 bridgehead atoms. The molecule has 0 heterocycles. The molecule has 5 nitrogen and oxygen atoms in total. The van der Waals surface area contributed by atoms with Crippen LogP contribution in [0.25, 0.3) is 0 Å². The second-order valence-electron chi connectivity index (χ2n) is 7.06. The number of hydrogen-bond donors (Lipinski definition) is 2. The number of nitrogens with two attached hydrogens (primary N) is 1. The molecule has 0 aliphatic carbocycles. The lowest BCUT2D eigenvalue weighted by atomic mass is 10.0. The van der Waals surface area contributed by atoms with E-state index in [1.807, 2.05) is 30.3 Å². The molecule has 31 heavy (non-hydrogen) atoms. The Hall–Kier alpha value is -3.74. The molecule has 0 saturated heterocycles. The average Bonchev–Trinajstić information content (AvgIpc) is 2.75. The van der Waals surface area contributed by atoms with Crippen molar-refractivity contribution in [1.29, 1.82) is 0 Å². The highest BCUT2D eigenvalue weighted by atomic mass is 19.1. The first-order valence-electron chi connectivity index (χ1n) is 9.69. The molecule has 2 amide bonds. The van der Waals surface area contributed by atoms with Crippen molar-refractivity contribution in [3.63, 3.8) is 0 Å². The van der Waals surface area contributed by atoms with Gasteiger partial charge in [-0.25, -0.2) is 8.78 Å². The highest BCUT2D eigenvalue weighted by Crippen LogP contribution is 2.16. The third-order valence-electron chi connectivity index (χ3n) is 4.66. The standard InChI is InChI=1S/C24H22F2N2O3/c25-19-9-8-18(21(26)14-19)13-23(29)28-22(24(27)30)12-16-6-10-20(11-7-16)31-15-17-4-2-1-3-5-17/h1-11,14,22H,12-13,15H2,(H2,27,30)(H,28,29)/t22-/m0/s1. The zero-order valence-electron chi connectivity index (χ0n) is 16.7. The summed E-state index contributed by atoms with van der Waals surface area (Å²) in [6, 6.07) is 18.8. The van der Waals surface area contributed by atoms with Crippen molar-refractivity contribution in [2.75, 3.05) is 0 Å². The first-order chi connectivity index (χ1) is 14.9. The lowest BCUT2D eigenvalue weighted by molar-refractivity contribution is -0.127. The van der Waals surface area contributed by atoms with Crippen LogP contribution in [-0.2, 0) is 29.0 Å². The third kappa shape index (κ3) is 6.64. The summed E-state index contributed by atoms with van der Waals surface area (Å²) in [6.07, 6.45) is -0.159. The average molecular weight is 424 g/mol. The fourth-order valence-electron chi connectivity index (χ4n) is 3.00. The summed E-state index contributed by atoms with van der Waals surface area (Å²) >= 11 is 0. The molecular formula is C24H22F2N2O3. The first kappa shape index (κ1) is 22.0. The maximum absolute atomic E-state index is 13.7. The van der Waals surface area contributed by atoms with Crippen molar-refractivity contribution in [1.82, 2.24) is 5.32 Å². The first-order valence-corrected chi connectivity index (χ1v) is 9.69. The Morgan fingerprint density at radius 3 is 2.29 bits per heavy atom. The van der Waals surface area contributed by atoms with Gasteiger partial charge < -0.3 is 15.8 Å². The highest BCUT2D eigenvalue weighted by molar-refractivity contribution is 5.87. The number of hydrogen-bond acceptors (Lipinski definition) is 3. The molecule has 7 heteroatoms. The van der Waals surface area contributed by atoms with Gasteiger partial charge in [0, 0.05) is 12.5 Å². The van der Waals surface area contributed by atoms with Gasteiger partial charge in [0.2, 0.25) is 11.8 Å². The maximum Gasteiger partial charge on any atom is 0.240 e. The summed E-state index contributed by atoms with van der Waals surface area (Å²) in [5.41, 5.74) is 7.26. The number of benzene rings is 3. The molecule has 3 N–H and O–H groups in total. The van der Waals surface area contributed by atoms with Crippen LogP contribution in [0.2, 0.25) is 0 Å². The topological polar surface area (TPSA) is 81.4 Å². The van der Waals surface area contributed by atoms with Gasteiger partial charge >= 0.3 is 0 Å². The second-order valence-corrected chi connectivity index (χ2v) is 7.06. The predicted molar refractivity (Wildman–Crippen MR) is 112 cm³/mol. The number of amides is 2. The van der Waals surface area contributed by atoms with E-state index >= 15 is 0 Å². The van der Waals surface area contributed by atoms with Gasteiger partial charge in [0.15, 0.2) is 0 Å². The van der Waals surface area contributed by atoms with E-state index in [2.05, 4.69) is 5.32 Å². The van der Waals surface area contributed by atoms with E-state index < -0.39 is 29.5 Å². The molecule has 0 unspecified atom stereocenters. The van der Waals surface area contributed by atoms with E-state index in [1.165, 1.54) is 6.07 Å². The Bertz CT molecular complexity index is 1040. The zero-order chi connectivity index (χ0) is 22.2. The molecular weight excluding hydrogens is 402 g/mol. The van der Waals surface area contributed by atoms with Crippen molar-refractivity contribution in [2.45, 2.75) is 25.5 Å². The maximum atomic E-state index is 13.7. The van der Waals surface area contributed by atoms with Crippen LogP contribution >= 0.6 is 0 Å². The fourth-order valence-corrected chi connectivity index (χ4v) is 3.00. The zero-order valence-corrected chi connectivity index (χ0v) is 16.7. The summed E-state index contributed by atoms with van der Waals surface area (Å²) < 4.78 is 32.5. The molecule has 0 radical (unpaired) electrons. The van der Waals surface area contributed by atoms with Gasteiger partial charge in [0.1, 0.15) is 30.0 Å². The van der Waals surface area contributed by atoms with Crippen LogP contribution in [0.15, 0.2) is 72.8 Å². The van der Waals surface area contributed by atoms with E-state index in [9.17, 15) is 18.4 Å². The Morgan fingerprint density at radius 2 is 1.65 bits per heavy atom. The molecule has 1 atom stereocenters. The Morgan fingerprint density at radius 1 is 0.935 bits per heavy atom. The number of ether oxygens (including phenoxy) is 1. The minimum absolute atomic E-state index is 0.0297. The summed E-state index contributed by atoms with van der Waals surface area (Å²) in [7, 11) is 0. The molecule has 160 valence electrons. The third-order valence-corrected chi connectivity index (χ3v) is 4.66. The van der Waals surface area contributed by atoms with Crippen LogP contribution < -0.4 is 15.8 Å². The molecule has 0 fully saturated rings. The summed E-state index contributed by atoms with van der Waals surface area (Å²) in [5, 5.41) is 2.51. The molecule has 0 spiro atoms. The van der Waals surface area contributed by atoms with Crippen molar-refractivity contribution in [3.05, 3.63) is 101 Å². The van der Waals surface area contributed by atoms with E-state index in [-0.39, 0.29) is 18.4 Å². The number of carbonyl (C=O) groups excluding carboxylic acids is 2. The summed E-state index contributed by atoms with van der Waals surface area (Å²) in [4.78, 5) is 24.0. The molecule has 0 aromatic heterocycles. The summed E-state index contributed by atoms with van der Waals surface area (Å²) in [6.45, 7) is 0.431. The number of carbonyl (C=O) groups is 2. The van der Waals surface area contributed by atoms with Crippen LogP contribution in [0.4, 0.5) is 8.78 Å². The van der Waals surface area contributed by atoms with Crippen molar-refractivity contribution >= 4 is 11.8 Å². The number of primary amides is 1. The van der Waals surface area contributed by atoms with Gasteiger partial charge in [-0.1, -0.05) is 48.5 Å². The quantitative estimate of drug-likeness (QED) is 0.553. The van der Waals surface area contributed by atoms with E-state index in [0.29, 0.717) is 18.4 Å². The van der Waals surface area contributed by atoms with Crippen molar-refractivity contribution < 1.29 is 23.1 Å². The largest absolute Gasteiger partial charge is 0.489 e. The fraction of sp³-hybridized carbons (Fsp3) is 0.167. The number of rotatable bonds is 9. The normalized spacial score (nSPS) is 11.5. The van der Waals surface area contributed by atoms with Crippen LogP contribution in [0.5, 0.6) is 5.75 Å². The Balaban J connectivity index is 1.56. The SMILES string of the molecule is NC(=O)[C@H](Cc1ccc(OCc2ccccc2)cc1)NC(=O)Cc1ccc(F)cc1F. The molecule has 0 aliphatic heterocycles. The van der Waals surface area contributed by atoms with Crippen LogP contribution in [0, 0.1) is 11.6 Å². The van der Waals surface area contributed by atoms with Gasteiger partial charge in [-0.05, 0) is 34.9 Å². The van der Waals surface area contributed by atoms with Gasteiger partial charge in [-0.15, -0.1) is 0 Å². The van der Waals surface area contributed by atoms with Crippen LogP contribution in [0.3, 0.4) is 0 Å². The summed E-state index contributed by atoms with van der Waals surface area (Å²) in [5.74, 6) is -2.18. The van der Waals surface area contributed by atoms with Crippen molar-refractivity contribution in [3.8, 4) is 5.75 Å². The van der Waals surface area contributed by atoms with E-state index in [4.69, 9.17) is 10.5 Å². The predicted octanol–water partition coefficient (Wildman–Crippen LogP) is 3.30. The minimum Gasteiger partial charge on any atom is -0.489 e. The van der Waals surface area contributed by atoms with Crippen molar-refractivity contribution in [2.24, 2.45) is 5.73 Å². The second kappa shape index (κ2) is 10.3. The van der Waals surface area contributed by atoms with Gasteiger partial charge in [-0.3, -0.25) is 9.59 Å². The molecule has 0 saturated carbocycles. The monoisotopic (exact) mass is 424 g/mol. The lowest BCUT2D eigenvalue weighted by Gasteiger charge is -2.16. The lowest BCUT2D eigenvalue weighted by Crippen LogP contribution is -2.46. The number of halogens is 2. The molecule has 0 aliphatic rings. The Kier molecular flexibility index (Phi) is 7.32. The highest BCUT2D eigenvalue weighted by Gasteiger charge is 2.19. The van der Waals surface area contributed by atoms with Gasteiger partial charge in [0.05, 0.1) is 6.42 Å². The van der Waals surface area contributed by atoms with E-state index in [0.717, 1.165) is 17.2 Å². The molecule has 3 rings (SSSR count). The molecule has 3 aromatic rings. The smallest absolute Gasteiger partial charge is 0.240 e. The van der Waals surface area contributed by atoms with Gasteiger partial charge in [0.25, 0.3) is 0 Å². The minimum atomic E-state index is -0.966. The number of nitrogens with one attached hydrogen (secondary N) is 1. The van der Waals surface area contributed by atoms with Crippen LogP contribution in [0.1, 0.15) is 16.7 Å².